The van der Waals surface area contributed by atoms with Crippen LogP contribution in [0.3, 0.4) is 0 Å². The molecule has 0 aromatic heterocycles. The van der Waals surface area contributed by atoms with Crippen molar-refractivity contribution in [2.24, 2.45) is 5.73 Å². The number of hydrogen-bond acceptors (Lipinski definition) is 3. The maximum Gasteiger partial charge on any atom is 1.00 e. The number of unbranched alkanes of at least 4 members (excludes halogenated alkanes) is 11. The van der Waals surface area contributed by atoms with Gasteiger partial charge in [-0.25, -0.2) is 6.08 Å². The van der Waals surface area contributed by atoms with Crippen LogP contribution in [0, 0.1) is 6.08 Å². The van der Waals surface area contributed by atoms with Gasteiger partial charge in [0.1, 0.15) is 0 Å². The molecule has 2 unspecified atom stereocenters. The Kier molecular flexibility index (Phi) is 21.7. The molecule has 0 aromatic carbocycles. The molecule has 22 heavy (non-hydrogen) atoms. The average molecular weight is 495 g/mol. The van der Waals surface area contributed by atoms with Gasteiger partial charge in [-0.15, -0.1) is 0 Å². The first kappa shape index (κ1) is 24.6. The molecule has 0 spiro atoms. The Bertz CT molecular complexity index is 237. The van der Waals surface area contributed by atoms with Crippen molar-refractivity contribution in [3.05, 3.63) is 12.2 Å². The maximum absolute atomic E-state index is 9.49. The van der Waals surface area contributed by atoms with Crippen LogP contribution < -0.4 is 5.73 Å². The Hall–Kier alpha value is 0.360. The summed E-state index contributed by atoms with van der Waals surface area (Å²) >= 11 is 0. The van der Waals surface area contributed by atoms with E-state index in [1.807, 2.05) is 0 Å². The van der Waals surface area contributed by atoms with Gasteiger partial charge in [-0.2, -0.15) is 6.42 Å². The van der Waals surface area contributed by atoms with E-state index in [0.717, 1.165) is 12.8 Å². The molecule has 0 aliphatic heterocycles. The van der Waals surface area contributed by atoms with Gasteiger partial charge >= 0.3 is 22.4 Å². The van der Waals surface area contributed by atoms with Crippen molar-refractivity contribution in [3.63, 3.8) is 0 Å². The standard InChI is InChI=1S/C18H36NO2.Au/c1-2-3-4-5-6-7-8-9-10-11-12-13-14-15-18(21)17(19)16-20;/h15,17-18,20-21H,2-13,16,19H2,1H3;/q-1;+1. The van der Waals surface area contributed by atoms with Gasteiger partial charge in [0, 0.05) is 0 Å². The van der Waals surface area contributed by atoms with Crippen LogP contribution >= 0.6 is 0 Å². The number of hydrogen-bond donors (Lipinski definition) is 3. The molecule has 0 radical (unpaired) electrons. The zero-order chi connectivity index (χ0) is 15.8. The Balaban J connectivity index is 0. The Morgan fingerprint density at radius 1 is 0.909 bits per heavy atom. The summed E-state index contributed by atoms with van der Waals surface area (Å²) in [6, 6.07) is -0.588. The molecule has 0 aromatic rings. The third-order valence-electron chi connectivity index (χ3n) is 3.86. The number of aliphatic hydroxyl groups is 2. The Labute approximate surface area is 153 Å². The first-order valence-corrected chi connectivity index (χ1v) is 8.83. The fraction of sp³-hybridized carbons (Fsp3) is 0.889. The van der Waals surface area contributed by atoms with Crippen molar-refractivity contribution in [3.8, 4) is 0 Å². The Morgan fingerprint density at radius 2 is 1.36 bits per heavy atom. The van der Waals surface area contributed by atoms with Crippen LogP contribution in [-0.2, 0) is 22.4 Å². The topological polar surface area (TPSA) is 66.5 Å². The molecule has 4 heteroatoms. The molecule has 0 amide bonds. The van der Waals surface area contributed by atoms with Crippen molar-refractivity contribution in [2.45, 2.75) is 96.1 Å². The minimum atomic E-state index is -0.775. The molecule has 136 valence electrons. The fourth-order valence-corrected chi connectivity index (χ4v) is 2.33. The predicted molar refractivity (Wildman–Crippen MR) is 90.0 cm³/mol. The van der Waals surface area contributed by atoms with Crippen LogP contribution in [0.15, 0.2) is 6.08 Å². The van der Waals surface area contributed by atoms with Crippen molar-refractivity contribution in [2.75, 3.05) is 6.61 Å². The molecule has 0 fully saturated rings. The molecule has 3 nitrogen and oxygen atoms in total. The summed E-state index contributed by atoms with van der Waals surface area (Å²) in [5.74, 6) is 0. The second kappa shape index (κ2) is 19.4. The molecule has 4 N–H and O–H groups in total. The molecule has 0 heterocycles. The van der Waals surface area contributed by atoms with Gasteiger partial charge in [0.15, 0.2) is 0 Å². The zero-order valence-corrected chi connectivity index (χ0v) is 16.4. The van der Waals surface area contributed by atoms with Crippen molar-refractivity contribution in [1.82, 2.24) is 0 Å². The van der Waals surface area contributed by atoms with E-state index in [1.165, 1.54) is 64.2 Å². The maximum atomic E-state index is 9.49. The van der Waals surface area contributed by atoms with E-state index in [0.29, 0.717) is 0 Å². The van der Waals surface area contributed by atoms with Crippen LogP contribution in [0.2, 0.25) is 0 Å². The monoisotopic (exact) mass is 495 g/mol. The van der Waals surface area contributed by atoms with Gasteiger partial charge in [0.25, 0.3) is 0 Å². The van der Waals surface area contributed by atoms with Gasteiger partial charge < -0.3 is 22.0 Å². The minimum Gasteiger partial charge on any atom is -0.498 e. The van der Waals surface area contributed by atoms with Gasteiger partial charge in [-0.3, -0.25) is 0 Å². The van der Waals surface area contributed by atoms with Gasteiger partial charge in [-0.1, -0.05) is 77.6 Å². The predicted octanol–water partition coefficient (Wildman–Crippen LogP) is 3.72. The van der Waals surface area contributed by atoms with E-state index < -0.39 is 12.1 Å². The summed E-state index contributed by atoms with van der Waals surface area (Å²) in [6.07, 6.45) is 19.4. The van der Waals surface area contributed by atoms with Crippen LogP contribution in [-0.4, -0.2) is 29.0 Å². The van der Waals surface area contributed by atoms with E-state index >= 15 is 0 Å². The molecule has 0 saturated carbocycles. The largest absolute Gasteiger partial charge is 1.00 e. The summed E-state index contributed by atoms with van der Waals surface area (Å²) in [7, 11) is 0. The van der Waals surface area contributed by atoms with E-state index in [2.05, 4.69) is 13.0 Å². The Morgan fingerprint density at radius 3 is 1.82 bits per heavy atom. The molecular weight excluding hydrogens is 459 g/mol. The van der Waals surface area contributed by atoms with Gasteiger partial charge in [-0.05, 0) is 0 Å². The number of nitrogens with two attached hydrogens (primary N) is 1. The normalized spacial score (nSPS) is 14.0. The summed E-state index contributed by atoms with van der Waals surface area (Å²) in [4.78, 5) is 0. The third kappa shape index (κ3) is 16.7. The van der Waals surface area contributed by atoms with E-state index in [-0.39, 0.29) is 29.0 Å². The zero-order valence-electron chi connectivity index (χ0n) is 14.2. The van der Waals surface area contributed by atoms with Crippen molar-refractivity contribution >= 4 is 0 Å². The van der Waals surface area contributed by atoms with E-state index in [9.17, 15) is 5.11 Å². The number of rotatable bonds is 15. The number of allylic oxidation sites excluding steroid dienone is 1. The summed E-state index contributed by atoms with van der Waals surface area (Å²) in [5.41, 5.74) is 5.49. The first-order chi connectivity index (χ1) is 10.2. The van der Waals surface area contributed by atoms with E-state index in [4.69, 9.17) is 10.8 Å². The minimum absolute atomic E-state index is 0. The molecule has 0 saturated heterocycles. The fourth-order valence-electron chi connectivity index (χ4n) is 2.33. The molecule has 0 bridgehead atoms. The van der Waals surface area contributed by atoms with Crippen LogP contribution in [0.1, 0.15) is 84.0 Å². The van der Waals surface area contributed by atoms with Gasteiger partial charge in [0.05, 0.1) is 18.8 Å². The van der Waals surface area contributed by atoms with Crippen molar-refractivity contribution in [1.29, 1.82) is 0 Å². The first-order valence-electron chi connectivity index (χ1n) is 8.83. The smallest absolute Gasteiger partial charge is 0.498 e. The van der Waals surface area contributed by atoms with E-state index in [1.54, 1.807) is 6.08 Å². The second-order valence-electron chi connectivity index (χ2n) is 5.99. The molecule has 0 rings (SSSR count). The number of aliphatic hydroxyl groups excluding tert-OH is 2. The molecular formula is C18H36AuNO2. The molecule has 2 atom stereocenters. The summed E-state index contributed by atoms with van der Waals surface area (Å²) in [5, 5.41) is 18.3. The van der Waals surface area contributed by atoms with Crippen LogP contribution in [0.4, 0.5) is 0 Å². The third-order valence-corrected chi connectivity index (χ3v) is 3.86. The van der Waals surface area contributed by atoms with Gasteiger partial charge in [0.2, 0.25) is 0 Å². The summed E-state index contributed by atoms with van der Waals surface area (Å²) in [6.45, 7) is 2.06. The van der Waals surface area contributed by atoms with Crippen molar-refractivity contribution < 1.29 is 32.6 Å². The van der Waals surface area contributed by atoms with Crippen LogP contribution in [0.25, 0.3) is 0 Å². The SMILES string of the molecule is CCCCCCCCCCCCC[C-]=CC(O)C(N)CO.[Au+]. The quantitative estimate of drug-likeness (QED) is 0.184. The summed E-state index contributed by atoms with van der Waals surface area (Å²) < 4.78 is 0. The second-order valence-corrected chi connectivity index (χ2v) is 5.99. The average Bonchev–Trinajstić information content (AvgIpc) is 2.50. The molecule has 0 aliphatic carbocycles. The molecule has 0 aliphatic rings. The van der Waals surface area contributed by atoms with Crippen LogP contribution in [0.5, 0.6) is 0 Å².